The van der Waals surface area contributed by atoms with Gasteiger partial charge in [0.05, 0.1) is 0 Å². The SMILES string of the molecule is CC1=CC(=O)CC(C)(C)C1.OC(F)(F)C(F)(F)C(F)(F)C(F)(F)C(F)(F)C(F)(F)C(F)(F)C(F)(F)F. The quantitative estimate of drug-likeness (QED) is 0.339. The zero-order valence-corrected chi connectivity index (χ0v) is 17.8. The van der Waals surface area contributed by atoms with Crippen molar-refractivity contribution in [1.82, 2.24) is 0 Å². The molecular weight excluding hydrogens is 559 g/mol. The van der Waals surface area contributed by atoms with E-state index in [1.54, 1.807) is 6.08 Å². The van der Waals surface area contributed by atoms with Crippen LogP contribution in [0.2, 0.25) is 0 Å². The summed E-state index contributed by atoms with van der Waals surface area (Å²) in [4.78, 5) is 11.0. The molecule has 0 saturated carbocycles. The van der Waals surface area contributed by atoms with Crippen LogP contribution in [0.1, 0.15) is 33.6 Å². The fraction of sp³-hybridized carbons (Fsp3) is 0.824. The molecule has 0 aromatic heterocycles. The molecule has 0 aromatic rings. The second-order valence-corrected chi connectivity index (χ2v) is 8.46. The van der Waals surface area contributed by atoms with Gasteiger partial charge in [-0.2, -0.15) is 74.6 Å². The molecule has 0 heterocycles. The minimum atomic E-state index is -8.67. The number of carbonyl (C=O) groups is 1. The van der Waals surface area contributed by atoms with E-state index in [0.29, 0.717) is 6.42 Å². The Morgan fingerprint density at radius 1 is 0.611 bits per heavy atom. The van der Waals surface area contributed by atoms with Crippen LogP contribution in [-0.4, -0.2) is 58.7 Å². The second kappa shape index (κ2) is 9.18. The van der Waals surface area contributed by atoms with Gasteiger partial charge in [0.1, 0.15) is 0 Å². The van der Waals surface area contributed by atoms with Crippen LogP contribution in [0.5, 0.6) is 0 Å². The maximum Gasteiger partial charge on any atom is 0.460 e. The van der Waals surface area contributed by atoms with Gasteiger partial charge < -0.3 is 5.11 Å². The molecule has 0 aromatic carbocycles. The number of allylic oxidation sites excluding steroid dienone is 2. The number of rotatable bonds is 6. The van der Waals surface area contributed by atoms with Crippen LogP contribution in [0.15, 0.2) is 11.6 Å². The fourth-order valence-electron chi connectivity index (χ4n) is 2.82. The summed E-state index contributed by atoms with van der Waals surface area (Å²) in [5.74, 6) is -50.2. The van der Waals surface area contributed by atoms with E-state index in [1.165, 1.54) is 5.57 Å². The van der Waals surface area contributed by atoms with Crippen LogP contribution in [0.4, 0.5) is 74.6 Å². The summed E-state index contributed by atoms with van der Waals surface area (Å²) >= 11 is 0. The van der Waals surface area contributed by atoms with Crippen LogP contribution in [0.3, 0.4) is 0 Å². The van der Waals surface area contributed by atoms with Gasteiger partial charge in [0.15, 0.2) is 5.78 Å². The van der Waals surface area contributed by atoms with Gasteiger partial charge in [0.2, 0.25) is 0 Å². The minimum Gasteiger partial charge on any atom is -0.331 e. The van der Waals surface area contributed by atoms with Crippen molar-refractivity contribution in [3.05, 3.63) is 11.6 Å². The molecule has 0 unspecified atom stereocenters. The smallest absolute Gasteiger partial charge is 0.331 e. The molecule has 0 aliphatic heterocycles. The first-order chi connectivity index (χ1) is 15.2. The number of aliphatic hydroxyl groups is 1. The van der Waals surface area contributed by atoms with Crippen molar-refractivity contribution in [2.45, 2.75) is 81.4 Å². The number of alkyl halides is 17. The molecule has 0 radical (unpaired) electrons. The number of hydrogen-bond donors (Lipinski definition) is 1. The monoisotopic (exact) mass is 574 g/mol. The molecule has 19 heteroatoms. The average molecular weight is 574 g/mol. The Balaban J connectivity index is 0.00000101. The van der Waals surface area contributed by atoms with Crippen molar-refractivity contribution < 1.29 is 84.5 Å². The molecule has 214 valence electrons. The van der Waals surface area contributed by atoms with Crippen molar-refractivity contribution in [2.24, 2.45) is 5.41 Å². The van der Waals surface area contributed by atoms with Crippen molar-refractivity contribution in [3.63, 3.8) is 0 Å². The molecule has 0 amide bonds. The highest BCUT2D eigenvalue weighted by Crippen LogP contribution is 2.63. The molecule has 0 saturated heterocycles. The lowest BCUT2D eigenvalue weighted by molar-refractivity contribution is -0.474. The van der Waals surface area contributed by atoms with Gasteiger partial charge in [-0.05, 0) is 24.8 Å². The molecule has 0 spiro atoms. The van der Waals surface area contributed by atoms with Gasteiger partial charge in [-0.1, -0.05) is 19.4 Å². The highest BCUT2D eigenvalue weighted by molar-refractivity contribution is 5.91. The Bertz CT molecular complexity index is 798. The molecule has 2 nitrogen and oxygen atoms in total. The van der Waals surface area contributed by atoms with E-state index in [-0.39, 0.29) is 11.2 Å². The standard InChI is InChI=1S/C9H14O.C8HF17O/c1-7-4-8(10)6-9(2,3)5-7;9-1(10,3(13,14)5(17,18)7(21,22)23)2(11,12)4(15,16)6(19,20)8(24,25)26/h4H,5-6H2,1-3H3;26H. The van der Waals surface area contributed by atoms with Crippen molar-refractivity contribution >= 4 is 5.78 Å². The Morgan fingerprint density at radius 3 is 1.17 bits per heavy atom. The van der Waals surface area contributed by atoms with E-state index in [1.807, 2.05) is 6.92 Å². The first-order valence-corrected chi connectivity index (χ1v) is 8.88. The van der Waals surface area contributed by atoms with Gasteiger partial charge in [0.25, 0.3) is 0 Å². The van der Waals surface area contributed by atoms with Gasteiger partial charge in [-0.15, -0.1) is 0 Å². The lowest BCUT2D eigenvalue weighted by Crippen LogP contribution is -2.74. The number of hydrogen-bond acceptors (Lipinski definition) is 2. The van der Waals surface area contributed by atoms with Crippen molar-refractivity contribution in [1.29, 1.82) is 0 Å². The summed E-state index contributed by atoms with van der Waals surface area (Å²) in [5, 5.41) is 7.34. The first-order valence-electron chi connectivity index (χ1n) is 8.88. The summed E-state index contributed by atoms with van der Waals surface area (Å²) in [5.41, 5.74) is 1.43. The molecule has 0 atom stereocenters. The summed E-state index contributed by atoms with van der Waals surface area (Å²) in [7, 11) is 0. The molecular formula is C17H15F17O2. The second-order valence-electron chi connectivity index (χ2n) is 8.46. The Hall–Kier alpha value is -1.82. The molecule has 0 bridgehead atoms. The maximum absolute atomic E-state index is 12.8. The van der Waals surface area contributed by atoms with Crippen LogP contribution in [0, 0.1) is 5.41 Å². The summed E-state index contributed by atoms with van der Waals surface area (Å²) in [6.45, 7) is 6.31. The highest BCUT2D eigenvalue weighted by Gasteiger charge is 2.95. The molecule has 0 fully saturated rings. The molecule has 1 N–H and O–H groups in total. The minimum absolute atomic E-state index is 0.204. The normalized spacial score (nSPS) is 18.9. The highest BCUT2D eigenvalue weighted by atomic mass is 19.4. The van der Waals surface area contributed by atoms with Crippen LogP contribution in [-0.2, 0) is 4.79 Å². The van der Waals surface area contributed by atoms with Crippen molar-refractivity contribution in [2.75, 3.05) is 0 Å². The largest absolute Gasteiger partial charge is 0.460 e. The Kier molecular flexibility index (Phi) is 8.72. The van der Waals surface area contributed by atoms with Crippen LogP contribution in [0.25, 0.3) is 0 Å². The van der Waals surface area contributed by atoms with E-state index in [4.69, 9.17) is 5.11 Å². The van der Waals surface area contributed by atoms with E-state index in [9.17, 15) is 79.4 Å². The third-order valence-electron chi connectivity index (χ3n) is 4.52. The van der Waals surface area contributed by atoms with E-state index < -0.39 is 47.8 Å². The van der Waals surface area contributed by atoms with E-state index in [2.05, 4.69) is 13.8 Å². The predicted molar refractivity (Wildman–Crippen MR) is 84.7 cm³/mol. The van der Waals surface area contributed by atoms with Crippen molar-refractivity contribution in [3.8, 4) is 0 Å². The summed E-state index contributed by atoms with van der Waals surface area (Å²) in [6.07, 6.45) is -11.5. The van der Waals surface area contributed by atoms with E-state index in [0.717, 1.165) is 6.42 Å². The lowest BCUT2D eigenvalue weighted by atomic mass is 9.77. The Labute approximate surface area is 190 Å². The van der Waals surface area contributed by atoms with E-state index >= 15 is 0 Å². The summed E-state index contributed by atoms with van der Waals surface area (Å²) in [6, 6.07) is 0. The average Bonchev–Trinajstić information content (AvgIpc) is 2.57. The molecule has 1 aliphatic rings. The zero-order chi connectivity index (χ0) is 29.8. The first kappa shape index (κ1) is 34.2. The zero-order valence-electron chi connectivity index (χ0n) is 17.8. The topological polar surface area (TPSA) is 37.3 Å². The van der Waals surface area contributed by atoms with Gasteiger partial charge in [-0.3, -0.25) is 4.79 Å². The van der Waals surface area contributed by atoms with Gasteiger partial charge in [0, 0.05) is 6.42 Å². The summed E-state index contributed by atoms with van der Waals surface area (Å²) < 4.78 is 210. The Morgan fingerprint density at radius 2 is 0.917 bits per heavy atom. The fourth-order valence-corrected chi connectivity index (χ4v) is 2.82. The van der Waals surface area contributed by atoms with Crippen LogP contribution >= 0.6 is 0 Å². The number of carbonyl (C=O) groups excluding carboxylic acids is 1. The maximum atomic E-state index is 12.8. The molecule has 1 rings (SSSR count). The third-order valence-corrected chi connectivity index (χ3v) is 4.52. The van der Waals surface area contributed by atoms with Crippen LogP contribution < -0.4 is 0 Å². The lowest BCUT2D eigenvalue weighted by Gasteiger charge is -2.41. The number of ketones is 1. The molecule has 1 aliphatic carbocycles. The van der Waals surface area contributed by atoms with Gasteiger partial charge in [-0.25, -0.2) is 0 Å². The third kappa shape index (κ3) is 5.54. The number of halogens is 17. The van der Waals surface area contributed by atoms with Gasteiger partial charge >= 0.3 is 47.8 Å². The molecule has 36 heavy (non-hydrogen) atoms. The predicted octanol–water partition coefficient (Wildman–Crippen LogP) is 7.27.